The fraction of sp³-hybridized carbons (Fsp3) is 0.600. The molecule has 0 aliphatic rings. The molecule has 0 saturated heterocycles. The van der Waals surface area contributed by atoms with Crippen LogP contribution in [0.1, 0.15) is 40.5 Å². The lowest BCUT2D eigenvalue weighted by molar-refractivity contribution is -0.862. The molecule has 0 spiro atoms. The fourth-order valence-corrected chi connectivity index (χ4v) is 3.15. The van der Waals surface area contributed by atoms with E-state index in [0.717, 1.165) is 17.7 Å². The highest BCUT2D eigenvalue weighted by Gasteiger charge is 2.26. The standard InChI is InChI=1S/C20H32ClN3O3/c1-7-14(3)24(15(4)8-2)20(26)13-23(5)12-19(25)22-17-11-16(21)9-10-18(17)27-6/h9-11,14-15H,7-8,12-13H2,1-6H3,(H,22,25)/p+1/t14-,15-/m1/s1. The second kappa shape index (κ2) is 11.1. The average molecular weight is 399 g/mol. The number of hydrogen-bond acceptors (Lipinski definition) is 3. The normalized spacial score (nSPS) is 14.2. The Labute approximate surface area is 167 Å². The molecule has 0 radical (unpaired) electrons. The number of rotatable bonds is 10. The van der Waals surface area contributed by atoms with Crippen molar-refractivity contribution in [2.24, 2.45) is 0 Å². The minimum atomic E-state index is -0.195. The van der Waals surface area contributed by atoms with Gasteiger partial charge in [0.25, 0.3) is 11.8 Å². The third kappa shape index (κ3) is 7.03. The molecule has 0 aromatic heterocycles. The summed E-state index contributed by atoms with van der Waals surface area (Å²) in [5.74, 6) is 0.421. The number of ether oxygens (including phenoxy) is 1. The largest absolute Gasteiger partial charge is 0.495 e. The highest BCUT2D eigenvalue weighted by Crippen LogP contribution is 2.27. The topological polar surface area (TPSA) is 63.1 Å². The Hall–Kier alpha value is -1.79. The maximum absolute atomic E-state index is 12.8. The highest BCUT2D eigenvalue weighted by atomic mass is 35.5. The van der Waals surface area contributed by atoms with E-state index in [1.54, 1.807) is 18.2 Å². The summed E-state index contributed by atoms with van der Waals surface area (Å²) in [4.78, 5) is 27.9. The van der Waals surface area contributed by atoms with Crippen LogP contribution in [0.2, 0.25) is 5.02 Å². The van der Waals surface area contributed by atoms with E-state index in [1.807, 2.05) is 11.9 Å². The van der Waals surface area contributed by atoms with Crippen molar-refractivity contribution < 1.29 is 19.2 Å². The Morgan fingerprint density at radius 2 is 1.78 bits per heavy atom. The Balaban J connectivity index is 2.70. The maximum atomic E-state index is 12.8. The lowest BCUT2D eigenvalue weighted by Gasteiger charge is -2.34. The second-order valence-corrected chi connectivity index (χ2v) is 7.46. The van der Waals surface area contributed by atoms with Crippen molar-refractivity contribution >= 4 is 29.1 Å². The fourth-order valence-electron chi connectivity index (χ4n) is 2.98. The number of carbonyl (C=O) groups is 2. The van der Waals surface area contributed by atoms with Crippen LogP contribution in [0.3, 0.4) is 0 Å². The smallest absolute Gasteiger partial charge is 0.279 e. The summed E-state index contributed by atoms with van der Waals surface area (Å²) in [5, 5.41) is 3.32. The molecule has 0 bridgehead atoms. The number of hydrogen-bond donors (Lipinski definition) is 2. The Kier molecular flexibility index (Phi) is 9.60. The zero-order chi connectivity index (χ0) is 20.6. The lowest BCUT2D eigenvalue weighted by Crippen LogP contribution is -3.11. The van der Waals surface area contributed by atoms with Crippen LogP contribution in [0.25, 0.3) is 0 Å². The number of nitrogens with one attached hydrogen (secondary N) is 2. The van der Waals surface area contributed by atoms with Gasteiger partial charge in [0.05, 0.1) is 19.8 Å². The monoisotopic (exact) mass is 398 g/mol. The molecule has 0 heterocycles. The molecule has 0 saturated carbocycles. The van der Waals surface area contributed by atoms with Crippen molar-refractivity contribution in [3.63, 3.8) is 0 Å². The van der Waals surface area contributed by atoms with E-state index < -0.39 is 0 Å². The number of carbonyl (C=O) groups excluding carboxylic acids is 2. The van der Waals surface area contributed by atoms with E-state index in [4.69, 9.17) is 16.3 Å². The first kappa shape index (κ1) is 23.2. The molecule has 3 atom stereocenters. The van der Waals surface area contributed by atoms with Crippen molar-refractivity contribution in [3.05, 3.63) is 23.2 Å². The van der Waals surface area contributed by atoms with Crippen molar-refractivity contribution in [2.45, 2.75) is 52.6 Å². The summed E-state index contributed by atoms with van der Waals surface area (Å²) in [7, 11) is 3.38. The van der Waals surface area contributed by atoms with Gasteiger partial charge in [-0.15, -0.1) is 0 Å². The quantitative estimate of drug-likeness (QED) is 0.635. The van der Waals surface area contributed by atoms with Crippen LogP contribution >= 0.6 is 11.6 Å². The molecule has 1 rings (SSSR count). The highest BCUT2D eigenvalue weighted by molar-refractivity contribution is 6.31. The number of halogens is 1. The van der Waals surface area contributed by atoms with E-state index in [9.17, 15) is 9.59 Å². The van der Waals surface area contributed by atoms with Crippen molar-refractivity contribution in [1.82, 2.24) is 4.90 Å². The first-order valence-electron chi connectivity index (χ1n) is 9.49. The molecule has 2 N–H and O–H groups in total. The van der Waals surface area contributed by atoms with Gasteiger partial charge in [0.1, 0.15) is 5.75 Å². The SMILES string of the molecule is CC[C@@H](C)N(C(=O)C[NH+](C)CC(=O)Nc1cc(Cl)ccc1OC)[C@H](C)CC. The number of amides is 2. The van der Waals surface area contributed by atoms with Crippen LogP contribution in [0.15, 0.2) is 18.2 Å². The van der Waals surface area contributed by atoms with Gasteiger partial charge in [0.2, 0.25) is 0 Å². The first-order valence-corrected chi connectivity index (χ1v) is 9.87. The van der Waals surface area contributed by atoms with Gasteiger partial charge in [-0.05, 0) is 44.9 Å². The molecule has 1 unspecified atom stereocenters. The molecule has 6 nitrogen and oxygen atoms in total. The van der Waals surface area contributed by atoms with E-state index in [0.29, 0.717) is 16.5 Å². The molecule has 2 amide bonds. The third-order valence-electron chi connectivity index (χ3n) is 4.77. The molecule has 152 valence electrons. The minimum Gasteiger partial charge on any atom is -0.495 e. The molecule has 0 aliphatic carbocycles. The van der Waals surface area contributed by atoms with Crippen LogP contribution in [-0.2, 0) is 9.59 Å². The Morgan fingerprint density at radius 1 is 1.19 bits per heavy atom. The number of benzene rings is 1. The molecule has 1 aromatic carbocycles. The summed E-state index contributed by atoms with van der Waals surface area (Å²) in [6.45, 7) is 8.74. The van der Waals surface area contributed by atoms with Gasteiger partial charge in [-0.2, -0.15) is 0 Å². The maximum Gasteiger partial charge on any atom is 0.279 e. The summed E-state index contributed by atoms with van der Waals surface area (Å²) in [5.41, 5.74) is 0.523. The second-order valence-electron chi connectivity index (χ2n) is 7.02. The molecule has 0 aliphatic heterocycles. The van der Waals surface area contributed by atoms with Crippen LogP contribution in [-0.4, -0.2) is 56.0 Å². The van der Waals surface area contributed by atoms with Crippen molar-refractivity contribution in [2.75, 3.05) is 32.6 Å². The predicted octanol–water partition coefficient (Wildman–Crippen LogP) is 2.23. The average Bonchev–Trinajstić information content (AvgIpc) is 2.61. The molecule has 7 heteroatoms. The lowest BCUT2D eigenvalue weighted by atomic mass is 10.1. The number of methoxy groups -OCH3 is 1. The molecular formula is C20H33ClN3O3+. The Bertz CT molecular complexity index is 629. The Morgan fingerprint density at radius 3 is 2.30 bits per heavy atom. The number of nitrogens with zero attached hydrogens (tertiary/aromatic N) is 1. The zero-order valence-corrected chi connectivity index (χ0v) is 18.0. The summed E-state index contributed by atoms with van der Waals surface area (Å²) < 4.78 is 5.24. The van der Waals surface area contributed by atoms with E-state index in [1.165, 1.54) is 7.11 Å². The number of anilines is 1. The summed E-state index contributed by atoms with van der Waals surface area (Å²) >= 11 is 5.99. The summed E-state index contributed by atoms with van der Waals surface area (Å²) in [6.07, 6.45) is 1.81. The zero-order valence-electron chi connectivity index (χ0n) is 17.3. The molecule has 0 fully saturated rings. The van der Waals surface area contributed by atoms with Crippen molar-refractivity contribution in [1.29, 1.82) is 0 Å². The van der Waals surface area contributed by atoms with Crippen LogP contribution in [0.5, 0.6) is 5.75 Å². The number of likely N-dealkylation sites (N-methyl/N-ethyl adjacent to an activating group) is 1. The van der Waals surface area contributed by atoms with Gasteiger partial charge in [-0.25, -0.2) is 0 Å². The van der Waals surface area contributed by atoms with Gasteiger partial charge >= 0.3 is 0 Å². The molecule has 1 aromatic rings. The third-order valence-corrected chi connectivity index (χ3v) is 5.01. The molecule has 27 heavy (non-hydrogen) atoms. The summed E-state index contributed by atoms with van der Waals surface area (Å²) in [6, 6.07) is 5.42. The van der Waals surface area contributed by atoms with E-state index in [2.05, 4.69) is 33.0 Å². The number of quaternary nitrogens is 1. The minimum absolute atomic E-state index is 0.0735. The van der Waals surface area contributed by atoms with Crippen LogP contribution in [0, 0.1) is 0 Å². The van der Waals surface area contributed by atoms with Gasteiger partial charge in [-0.1, -0.05) is 25.4 Å². The van der Waals surface area contributed by atoms with Gasteiger partial charge < -0.3 is 19.9 Å². The van der Waals surface area contributed by atoms with Crippen LogP contribution in [0.4, 0.5) is 5.69 Å². The van der Waals surface area contributed by atoms with E-state index in [-0.39, 0.29) is 37.0 Å². The first-order chi connectivity index (χ1) is 12.7. The van der Waals surface area contributed by atoms with Gasteiger partial charge in [0.15, 0.2) is 13.1 Å². The predicted molar refractivity (Wildman–Crippen MR) is 110 cm³/mol. The van der Waals surface area contributed by atoms with Crippen LogP contribution < -0.4 is 15.0 Å². The molecular weight excluding hydrogens is 366 g/mol. The van der Waals surface area contributed by atoms with Crippen molar-refractivity contribution in [3.8, 4) is 5.75 Å². The van der Waals surface area contributed by atoms with E-state index >= 15 is 0 Å². The van der Waals surface area contributed by atoms with Gasteiger partial charge in [0, 0.05) is 17.1 Å². The van der Waals surface area contributed by atoms with Gasteiger partial charge in [-0.3, -0.25) is 9.59 Å².